The summed E-state index contributed by atoms with van der Waals surface area (Å²) in [6, 6.07) is 13.8. The van der Waals surface area contributed by atoms with Gasteiger partial charge in [0.2, 0.25) is 11.8 Å². The minimum Gasteiger partial charge on any atom is -0.497 e. The number of nitrogens with zero attached hydrogens (tertiary/aromatic N) is 2. The molecule has 0 radical (unpaired) electrons. The molecule has 0 saturated heterocycles. The first-order valence-electron chi connectivity index (χ1n) is 13.8. The van der Waals surface area contributed by atoms with Crippen molar-refractivity contribution in [1.29, 1.82) is 0 Å². The number of halogens is 4. The van der Waals surface area contributed by atoms with Gasteiger partial charge in [-0.15, -0.1) is 0 Å². The summed E-state index contributed by atoms with van der Waals surface area (Å²) in [6.07, 6.45) is -4.70. The summed E-state index contributed by atoms with van der Waals surface area (Å²) in [6.45, 7) is 5.99. The Balaban J connectivity index is 2.15. The number of nitrogens with one attached hydrogen (secondary N) is 1. The Morgan fingerprint density at radius 2 is 1.61 bits per heavy atom. The molecule has 2 amide bonds. The van der Waals surface area contributed by atoms with Gasteiger partial charge >= 0.3 is 6.18 Å². The lowest BCUT2D eigenvalue weighted by molar-refractivity contribution is -0.140. The number of carbonyl (C=O) groups is 2. The van der Waals surface area contributed by atoms with Crippen molar-refractivity contribution in [2.24, 2.45) is 0 Å². The van der Waals surface area contributed by atoms with E-state index >= 15 is 0 Å². The molecule has 3 rings (SSSR count). The van der Waals surface area contributed by atoms with Crippen LogP contribution in [-0.4, -0.2) is 50.9 Å². The zero-order valence-electron chi connectivity index (χ0n) is 25.0. The van der Waals surface area contributed by atoms with Gasteiger partial charge in [-0.3, -0.25) is 13.9 Å². The van der Waals surface area contributed by atoms with Crippen molar-refractivity contribution < 1.29 is 35.9 Å². The molecule has 0 fully saturated rings. The van der Waals surface area contributed by atoms with Crippen LogP contribution in [-0.2, 0) is 32.3 Å². The first-order chi connectivity index (χ1) is 20.6. The third kappa shape index (κ3) is 8.44. The van der Waals surface area contributed by atoms with E-state index in [0.717, 1.165) is 17.7 Å². The highest BCUT2D eigenvalue weighted by Gasteiger charge is 2.37. The summed E-state index contributed by atoms with van der Waals surface area (Å²) >= 11 is 5.82. The predicted octanol–water partition coefficient (Wildman–Crippen LogP) is 6.20. The molecule has 3 aromatic rings. The first-order valence-corrected chi connectivity index (χ1v) is 15.6. The van der Waals surface area contributed by atoms with Gasteiger partial charge in [-0.05, 0) is 75.2 Å². The molecule has 0 unspecified atom stereocenters. The molecule has 0 aliphatic rings. The zero-order valence-corrected chi connectivity index (χ0v) is 26.6. The van der Waals surface area contributed by atoms with E-state index in [1.807, 2.05) is 0 Å². The maximum atomic E-state index is 14.1. The molecule has 0 saturated carbocycles. The number of sulfonamides is 1. The van der Waals surface area contributed by atoms with Crippen molar-refractivity contribution in [3.05, 3.63) is 88.4 Å². The van der Waals surface area contributed by atoms with Crippen LogP contribution in [0.15, 0.2) is 71.6 Å². The summed E-state index contributed by atoms with van der Waals surface area (Å²) < 4.78 is 75.1. The maximum Gasteiger partial charge on any atom is 0.417 e. The van der Waals surface area contributed by atoms with Crippen molar-refractivity contribution in [3.8, 4) is 5.75 Å². The van der Waals surface area contributed by atoms with Gasteiger partial charge in [0.05, 0.1) is 28.3 Å². The largest absolute Gasteiger partial charge is 0.497 e. The molecule has 0 aromatic heterocycles. The van der Waals surface area contributed by atoms with E-state index in [1.165, 1.54) is 36.3 Å². The summed E-state index contributed by atoms with van der Waals surface area (Å²) in [5.41, 5.74) is -0.301. The van der Waals surface area contributed by atoms with Gasteiger partial charge < -0.3 is 15.0 Å². The van der Waals surface area contributed by atoms with Crippen molar-refractivity contribution >= 4 is 39.1 Å². The molecule has 238 valence electrons. The van der Waals surface area contributed by atoms with Crippen LogP contribution >= 0.6 is 11.6 Å². The fourth-order valence-corrected chi connectivity index (χ4v) is 6.11. The number of aryl methyl sites for hydroxylation is 1. The number of ether oxygens (including phenoxy) is 1. The summed E-state index contributed by atoms with van der Waals surface area (Å²) in [5.74, 6) is -0.691. The van der Waals surface area contributed by atoms with Crippen LogP contribution in [0.1, 0.15) is 43.9 Å². The van der Waals surface area contributed by atoms with E-state index < -0.39 is 56.9 Å². The average Bonchev–Trinajstić information content (AvgIpc) is 2.95. The van der Waals surface area contributed by atoms with E-state index in [9.17, 15) is 31.2 Å². The number of rotatable bonds is 12. The van der Waals surface area contributed by atoms with E-state index in [2.05, 4.69) is 5.32 Å². The average molecular weight is 654 g/mol. The molecule has 13 heteroatoms. The van der Waals surface area contributed by atoms with Gasteiger partial charge in [-0.1, -0.05) is 48.4 Å². The van der Waals surface area contributed by atoms with Gasteiger partial charge in [-0.25, -0.2) is 8.42 Å². The Kier molecular flexibility index (Phi) is 11.3. The van der Waals surface area contributed by atoms with Crippen LogP contribution < -0.4 is 14.4 Å². The highest BCUT2D eigenvalue weighted by molar-refractivity contribution is 7.92. The number of anilines is 1. The molecule has 8 nitrogen and oxygen atoms in total. The van der Waals surface area contributed by atoms with Gasteiger partial charge in [0.15, 0.2) is 0 Å². The highest BCUT2D eigenvalue weighted by Crippen LogP contribution is 2.38. The van der Waals surface area contributed by atoms with Gasteiger partial charge in [-0.2, -0.15) is 13.2 Å². The van der Waals surface area contributed by atoms with Gasteiger partial charge in [0, 0.05) is 12.6 Å². The topological polar surface area (TPSA) is 96.0 Å². The Hall–Kier alpha value is -3.77. The van der Waals surface area contributed by atoms with Crippen LogP contribution in [0.2, 0.25) is 5.02 Å². The highest BCUT2D eigenvalue weighted by atomic mass is 35.5. The first kappa shape index (κ1) is 34.7. The Labute approximate surface area is 260 Å². The second kappa shape index (κ2) is 14.3. The van der Waals surface area contributed by atoms with Crippen molar-refractivity contribution in [2.75, 3.05) is 18.0 Å². The van der Waals surface area contributed by atoms with Crippen molar-refractivity contribution in [2.45, 2.75) is 63.8 Å². The van der Waals surface area contributed by atoms with Gasteiger partial charge in [0.25, 0.3) is 10.0 Å². The molecular weight excluding hydrogens is 619 g/mol. The lowest BCUT2D eigenvalue weighted by atomic mass is 10.1. The molecule has 1 atom stereocenters. The quantitative estimate of drug-likeness (QED) is 0.251. The maximum absolute atomic E-state index is 14.1. The number of alkyl halides is 3. The molecular formula is C31H35ClF3N3O5S. The van der Waals surface area contributed by atoms with Crippen LogP contribution in [0, 0.1) is 6.92 Å². The molecule has 1 N–H and O–H groups in total. The standard InChI is InChI=1S/C31H35ClF3N3O5S/c1-6-28(30(40)36-20(2)3)37(18-22-9-12-24(43-5)13-10-22)29(39)19-38(44(41,42)25-14-7-21(4)8-15-25)23-11-16-27(32)26(17-23)31(33,34)35/h7-17,20,28H,6,18-19H2,1-5H3,(H,36,40)/t28-/m1/s1. The fraction of sp³-hybridized carbons (Fsp3) is 0.355. The van der Waals surface area contributed by atoms with E-state index in [4.69, 9.17) is 16.3 Å². The molecule has 0 aliphatic heterocycles. The van der Waals surface area contributed by atoms with Crippen LogP contribution in [0.3, 0.4) is 0 Å². The lowest BCUT2D eigenvalue weighted by Crippen LogP contribution is -2.53. The summed E-state index contributed by atoms with van der Waals surface area (Å²) in [5, 5.41) is 2.16. The van der Waals surface area contributed by atoms with Crippen LogP contribution in [0.5, 0.6) is 5.75 Å². The van der Waals surface area contributed by atoms with Crippen molar-refractivity contribution in [3.63, 3.8) is 0 Å². The lowest BCUT2D eigenvalue weighted by Gasteiger charge is -2.33. The molecule has 0 aliphatic carbocycles. The second-order valence-corrected chi connectivity index (χ2v) is 12.7. The summed E-state index contributed by atoms with van der Waals surface area (Å²) in [7, 11) is -3.07. The Morgan fingerprint density at radius 3 is 2.14 bits per heavy atom. The predicted molar refractivity (Wildman–Crippen MR) is 163 cm³/mol. The van der Waals surface area contributed by atoms with Crippen molar-refractivity contribution in [1.82, 2.24) is 10.2 Å². The van der Waals surface area contributed by atoms with E-state index in [-0.39, 0.29) is 23.9 Å². The smallest absolute Gasteiger partial charge is 0.417 e. The molecule has 0 spiro atoms. The zero-order chi connectivity index (χ0) is 32.8. The number of hydrogen-bond donors (Lipinski definition) is 1. The molecule has 0 heterocycles. The Bertz CT molecular complexity index is 1560. The van der Waals surface area contributed by atoms with Crippen LogP contribution in [0.25, 0.3) is 0 Å². The molecule has 44 heavy (non-hydrogen) atoms. The van der Waals surface area contributed by atoms with E-state index in [0.29, 0.717) is 21.7 Å². The number of methoxy groups -OCH3 is 1. The number of benzene rings is 3. The fourth-order valence-electron chi connectivity index (χ4n) is 4.48. The minimum atomic E-state index is -4.89. The van der Waals surface area contributed by atoms with E-state index in [1.54, 1.807) is 52.0 Å². The molecule has 3 aromatic carbocycles. The minimum absolute atomic E-state index is 0.0836. The van der Waals surface area contributed by atoms with Gasteiger partial charge in [0.1, 0.15) is 18.3 Å². The Morgan fingerprint density at radius 1 is 1.00 bits per heavy atom. The second-order valence-electron chi connectivity index (χ2n) is 10.4. The number of amides is 2. The third-order valence-corrected chi connectivity index (χ3v) is 8.88. The summed E-state index contributed by atoms with van der Waals surface area (Å²) in [4.78, 5) is 28.3. The molecule has 0 bridgehead atoms. The normalized spacial score (nSPS) is 12.5. The SMILES string of the molecule is CC[C@H](C(=O)NC(C)C)N(Cc1ccc(OC)cc1)C(=O)CN(c1ccc(Cl)c(C(F)(F)F)c1)S(=O)(=O)c1ccc(C)cc1. The van der Waals surface area contributed by atoms with Crippen LogP contribution in [0.4, 0.5) is 18.9 Å². The monoisotopic (exact) mass is 653 g/mol. The number of carbonyl (C=O) groups excluding carboxylic acids is 2. The third-order valence-electron chi connectivity index (χ3n) is 6.76. The number of hydrogen-bond acceptors (Lipinski definition) is 5.